The third-order valence-electron chi connectivity index (χ3n) is 2.66. The molecule has 0 amide bonds. The minimum Gasteiger partial charge on any atom is -0.271 e. The zero-order valence-corrected chi connectivity index (χ0v) is 11.1. The molecule has 0 saturated heterocycles. The van der Waals surface area contributed by atoms with E-state index in [2.05, 4.69) is 26.3 Å². The fourth-order valence-electron chi connectivity index (χ4n) is 1.73. The van der Waals surface area contributed by atoms with Gasteiger partial charge in [-0.05, 0) is 33.6 Å². The molecule has 0 saturated carbocycles. The third kappa shape index (κ3) is 2.63. The summed E-state index contributed by atoms with van der Waals surface area (Å²) in [6.45, 7) is 0. The summed E-state index contributed by atoms with van der Waals surface area (Å²) in [6.07, 6.45) is 2.41. The van der Waals surface area contributed by atoms with Crippen LogP contribution in [-0.4, -0.2) is 4.98 Å². The zero-order valence-electron chi connectivity index (χ0n) is 9.50. The molecule has 0 radical (unpaired) electrons. The molecule has 0 spiro atoms. The lowest BCUT2D eigenvalue weighted by Crippen LogP contribution is -2.30. The number of pyridine rings is 1. The van der Waals surface area contributed by atoms with Crippen molar-refractivity contribution in [2.24, 2.45) is 5.84 Å². The molecule has 2 aromatic rings. The second-order valence-corrected chi connectivity index (χ2v) is 4.55. The lowest BCUT2D eigenvalue weighted by Gasteiger charge is -2.19. The zero-order chi connectivity index (χ0) is 14.0. The molecule has 3 N–H and O–H groups in total. The van der Waals surface area contributed by atoms with Crippen LogP contribution in [-0.2, 0) is 0 Å². The largest absolute Gasteiger partial charge is 0.271 e. The highest BCUT2D eigenvalue weighted by Gasteiger charge is 2.22. The van der Waals surface area contributed by atoms with E-state index in [9.17, 15) is 13.2 Å². The van der Waals surface area contributed by atoms with E-state index in [0.29, 0.717) is 0 Å². The Morgan fingerprint density at radius 1 is 1.11 bits per heavy atom. The van der Waals surface area contributed by atoms with E-state index in [1.165, 1.54) is 18.3 Å². The van der Waals surface area contributed by atoms with Crippen LogP contribution < -0.4 is 11.3 Å². The number of nitrogens with two attached hydrogens (primary N) is 1. The number of halogens is 4. The first-order chi connectivity index (χ1) is 9.06. The van der Waals surface area contributed by atoms with Gasteiger partial charge in [-0.3, -0.25) is 10.8 Å². The molecule has 7 heteroatoms. The monoisotopic (exact) mass is 331 g/mol. The van der Waals surface area contributed by atoms with Gasteiger partial charge in [-0.25, -0.2) is 18.6 Å². The predicted octanol–water partition coefficient (Wildman–Crippen LogP) is 2.81. The van der Waals surface area contributed by atoms with Crippen molar-refractivity contribution in [2.75, 3.05) is 0 Å². The Morgan fingerprint density at radius 2 is 1.84 bits per heavy atom. The van der Waals surface area contributed by atoms with Gasteiger partial charge in [-0.15, -0.1) is 0 Å². The molecule has 3 nitrogen and oxygen atoms in total. The molecule has 1 aromatic carbocycles. The highest BCUT2D eigenvalue weighted by molar-refractivity contribution is 9.10. The van der Waals surface area contributed by atoms with Gasteiger partial charge in [0.2, 0.25) is 0 Å². The number of aromatic nitrogens is 1. The minimum atomic E-state index is -1.05. The molecule has 1 heterocycles. The highest BCUT2D eigenvalue weighted by atomic mass is 79.9. The van der Waals surface area contributed by atoms with E-state index >= 15 is 0 Å². The predicted molar refractivity (Wildman–Crippen MR) is 67.4 cm³/mol. The molecule has 100 valence electrons. The molecule has 0 aliphatic rings. The standard InChI is InChI=1S/C12H9BrF3N3/c13-10-7(1-2-8(14)11(10)16)12(19-17)6-3-4-18-5-9(6)15/h1-5,12,19H,17H2. The quantitative estimate of drug-likeness (QED) is 0.516. The molecule has 0 bridgehead atoms. The Balaban J connectivity index is 2.55. The van der Waals surface area contributed by atoms with Crippen molar-refractivity contribution in [3.63, 3.8) is 0 Å². The number of hydrazine groups is 1. The van der Waals surface area contributed by atoms with Gasteiger partial charge < -0.3 is 0 Å². The highest BCUT2D eigenvalue weighted by Crippen LogP contribution is 2.31. The molecule has 0 fully saturated rings. The maximum atomic E-state index is 13.7. The molecule has 0 aliphatic heterocycles. The molecule has 2 rings (SSSR count). The van der Waals surface area contributed by atoms with Crippen LogP contribution in [0, 0.1) is 17.5 Å². The second kappa shape index (κ2) is 5.68. The SMILES string of the molecule is NNC(c1ccncc1F)c1ccc(F)c(F)c1Br. The third-order valence-corrected chi connectivity index (χ3v) is 3.46. The van der Waals surface area contributed by atoms with E-state index in [-0.39, 0.29) is 15.6 Å². The fraction of sp³-hybridized carbons (Fsp3) is 0.0833. The Labute approximate surface area is 115 Å². The van der Waals surface area contributed by atoms with E-state index in [0.717, 1.165) is 12.3 Å². The molecule has 1 unspecified atom stereocenters. The first-order valence-electron chi connectivity index (χ1n) is 5.25. The Bertz CT molecular complexity index is 607. The van der Waals surface area contributed by atoms with Crippen LogP contribution in [0.5, 0.6) is 0 Å². The maximum Gasteiger partial charge on any atom is 0.173 e. The van der Waals surface area contributed by atoms with Crippen LogP contribution in [0.25, 0.3) is 0 Å². The van der Waals surface area contributed by atoms with Gasteiger partial charge in [-0.1, -0.05) is 6.07 Å². The normalized spacial score (nSPS) is 12.5. The van der Waals surface area contributed by atoms with E-state index < -0.39 is 23.5 Å². The maximum absolute atomic E-state index is 13.7. The van der Waals surface area contributed by atoms with E-state index in [4.69, 9.17) is 5.84 Å². The van der Waals surface area contributed by atoms with Gasteiger partial charge in [0.25, 0.3) is 0 Å². The first-order valence-corrected chi connectivity index (χ1v) is 6.04. The second-order valence-electron chi connectivity index (χ2n) is 3.76. The van der Waals surface area contributed by atoms with Crippen LogP contribution in [0.1, 0.15) is 17.2 Å². The number of benzene rings is 1. The van der Waals surface area contributed by atoms with Crippen molar-refractivity contribution in [1.82, 2.24) is 10.4 Å². The number of nitrogens with zero attached hydrogens (tertiary/aromatic N) is 1. The molecule has 0 aliphatic carbocycles. The number of nitrogens with one attached hydrogen (secondary N) is 1. The molecule has 19 heavy (non-hydrogen) atoms. The summed E-state index contributed by atoms with van der Waals surface area (Å²) >= 11 is 2.95. The number of hydrogen-bond donors (Lipinski definition) is 2. The van der Waals surface area contributed by atoms with Crippen LogP contribution in [0.3, 0.4) is 0 Å². The number of hydrogen-bond acceptors (Lipinski definition) is 3. The summed E-state index contributed by atoms with van der Waals surface area (Å²) in [5.74, 6) is 2.75. The van der Waals surface area contributed by atoms with E-state index in [1.54, 1.807) is 0 Å². The molecule has 1 atom stereocenters. The van der Waals surface area contributed by atoms with Crippen LogP contribution in [0.15, 0.2) is 35.1 Å². The minimum absolute atomic E-state index is 0.105. The molecule has 1 aromatic heterocycles. The van der Waals surface area contributed by atoms with Crippen molar-refractivity contribution >= 4 is 15.9 Å². The van der Waals surface area contributed by atoms with Gasteiger partial charge in [0.1, 0.15) is 5.82 Å². The number of rotatable bonds is 3. The summed E-state index contributed by atoms with van der Waals surface area (Å²) in [5, 5.41) is 0. The van der Waals surface area contributed by atoms with Gasteiger partial charge in [-0.2, -0.15) is 0 Å². The Morgan fingerprint density at radius 3 is 2.47 bits per heavy atom. The van der Waals surface area contributed by atoms with Crippen molar-refractivity contribution in [3.05, 3.63) is 63.6 Å². The summed E-state index contributed by atoms with van der Waals surface area (Å²) in [7, 11) is 0. The lowest BCUT2D eigenvalue weighted by molar-refractivity contribution is 0.496. The average molecular weight is 332 g/mol. The van der Waals surface area contributed by atoms with Crippen LogP contribution >= 0.6 is 15.9 Å². The topological polar surface area (TPSA) is 50.9 Å². The van der Waals surface area contributed by atoms with Gasteiger partial charge >= 0.3 is 0 Å². The van der Waals surface area contributed by atoms with Crippen LogP contribution in [0.4, 0.5) is 13.2 Å². The van der Waals surface area contributed by atoms with E-state index in [1.807, 2.05) is 0 Å². The van der Waals surface area contributed by atoms with Gasteiger partial charge in [0.15, 0.2) is 11.6 Å². The van der Waals surface area contributed by atoms with Crippen molar-refractivity contribution < 1.29 is 13.2 Å². The van der Waals surface area contributed by atoms with Crippen molar-refractivity contribution in [3.8, 4) is 0 Å². The first kappa shape index (κ1) is 14.0. The van der Waals surface area contributed by atoms with Crippen LogP contribution in [0.2, 0.25) is 0 Å². The molecular weight excluding hydrogens is 323 g/mol. The van der Waals surface area contributed by atoms with Gasteiger partial charge in [0.05, 0.1) is 16.7 Å². The van der Waals surface area contributed by atoms with Crippen molar-refractivity contribution in [2.45, 2.75) is 6.04 Å². The summed E-state index contributed by atoms with van der Waals surface area (Å²) < 4.78 is 40.2. The molecular formula is C12H9BrF3N3. The fourth-order valence-corrected chi connectivity index (χ4v) is 2.28. The summed E-state index contributed by atoms with van der Waals surface area (Å²) in [5.41, 5.74) is 2.84. The average Bonchev–Trinajstić information content (AvgIpc) is 2.41. The van der Waals surface area contributed by atoms with Crippen molar-refractivity contribution in [1.29, 1.82) is 0 Å². The smallest absolute Gasteiger partial charge is 0.173 e. The van der Waals surface area contributed by atoms with Gasteiger partial charge in [0, 0.05) is 11.8 Å². The summed E-state index contributed by atoms with van der Waals surface area (Å²) in [6, 6.07) is 2.87. The Kier molecular flexibility index (Phi) is 4.18. The lowest BCUT2D eigenvalue weighted by atomic mass is 9.99. The summed E-state index contributed by atoms with van der Waals surface area (Å²) in [4.78, 5) is 3.62. The Hall–Kier alpha value is -1.44.